The molecule has 0 bridgehead atoms. The molecule has 1 fully saturated rings. The van der Waals surface area contributed by atoms with Crippen molar-refractivity contribution in [2.24, 2.45) is 0 Å². The maximum Gasteiger partial charge on any atom is 0.237 e. The van der Waals surface area contributed by atoms with E-state index < -0.39 is 11.9 Å². The normalized spacial score (nSPS) is 17.2. The van der Waals surface area contributed by atoms with Gasteiger partial charge in [-0.15, -0.1) is 0 Å². The summed E-state index contributed by atoms with van der Waals surface area (Å²) in [5.74, 6) is -0.824. The molecule has 0 saturated carbocycles. The number of carbonyl (C=O) groups excluding carboxylic acids is 2. The summed E-state index contributed by atoms with van der Waals surface area (Å²) in [7, 11) is 1.69. The predicted molar refractivity (Wildman–Crippen MR) is 104 cm³/mol. The van der Waals surface area contributed by atoms with Gasteiger partial charge in [0.15, 0.2) is 0 Å². The molecule has 3 rings (SSSR count). The van der Waals surface area contributed by atoms with Crippen molar-refractivity contribution in [1.82, 2.24) is 20.1 Å². The highest BCUT2D eigenvalue weighted by atomic mass is 35.5. The standard InChI is InChI=1S/C20H22ClFN4O2/c1-25(12-14-4-3-7-23-11-14)19(27)10-18-20(28)24-8-9-26(18)13-15-16(21)5-2-6-17(15)22/h2-7,11,18H,8-10,12-13H2,1H3,(H,24,28). The molecule has 1 aliphatic rings. The average molecular weight is 405 g/mol. The summed E-state index contributed by atoms with van der Waals surface area (Å²) in [5.41, 5.74) is 1.24. The van der Waals surface area contributed by atoms with Gasteiger partial charge in [-0.05, 0) is 23.8 Å². The molecular weight excluding hydrogens is 383 g/mol. The van der Waals surface area contributed by atoms with Crippen LogP contribution in [-0.4, -0.2) is 52.8 Å². The number of nitrogens with zero attached hydrogens (tertiary/aromatic N) is 3. The number of hydrogen-bond donors (Lipinski definition) is 1. The van der Waals surface area contributed by atoms with E-state index in [2.05, 4.69) is 10.3 Å². The minimum Gasteiger partial charge on any atom is -0.353 e. The highest BCUT2D eigenvalue weighted by Gasteiger charge is 2.33. The molecule has 1 unspecified atom stereocenters. The van der Waals surface area contributed by atoms with E-state index in [-0.39, 0.29) is 24.8 Å². The van der Waals surface area contributed by atoms with Crippen LogP contribution in [0, 0.1) is 5.82 Å². The van der Waals surface area contributed by atoms with Crippen LogP contribution in [0.4, 0.5) is 4.39 Å². The van der Waals surface area contributed by atoms with Gasteiger partial charge in [-0.1, -0.05) is 23.7 Å². The summed E-state index contributed by atoms with van der Waals surface area (Å²) >= 11 is 6.13. The largest absolute Gasteiger partial charge is 0.353 e. The first-order chi connectivity index (χ1) is 13.5. The summed E-state index contributed by atoms with van der Waals surface area (Å²) in [6.07, 6.45) is 3.38. The van der Waals surface area contributed by atoms with E-state index in [1.807, 2.05) is 12.1 Å². The third-order valence-electron chi connectivity index (χ3n) is 4.80. The Hall–Kier alpha value is -2.51. The Kier molecular flexibility index (Phi) is 6.59. The lowest BCUT2D eigenvalue weighted by Gasteiger charge is -2.35. The van der Waals surface area contributed by atoms with Crippen LogP contribution in [0.25, 0.3) is 0 Å². The fourth-order valence-electron chi connectivity index (χ4n) is 3.23. The Morgan fingerprint density at radius 3 is 2.93 bits per heavy atom. The van der Waals surface area contributed by atoms with Crippen molar-refractivity contribution < 1.29 is 14.0 Å². The molecule has 28 heavy (non-hydrogen) atoms. The zero-order valence-corrected chi connectivity index (χ0v) is 16.3. The lowest BCUT2D eigenvalue weighted by Crippen LogP contribution is -2.56. The highest BCUT2D eigenvalue weighted by Crippen LogP contribution is 2.23. The van der Waals surface area contributed by atoms with E-state index in [1.54, 1.807) is 41.4 Å². The number of amides is 2. The lowest BCUT2D eigenvalue weighted by molar-refractivity contribution is -0.138. The molecule has 2 heterocycles. The minimum absolute atomic E-state index is 0.00860. The van der Waals surface area contributed by atoms with Gasteiger partial charge in [0.05, 0.1) is 12.5 Å². The Morgan fingerprint density at radius 2 is 2.21 bits per heavy atom. The second-order valence-electron chi connectivity index (χ2n) is 6.79. The molecule has 1 aliphatic heterocycles. The number of rotatable bonds is 6. The molecule has 0 aliphatic carbocycles. The van der Waals surface area contributed by atoms with Gasteiger partial charge in [0.25, 0.3) is 0 Å². The number of carbonyl (C=O) groups is 2. The van der Waals surface area contributed by atoms with Gasteiger partial charge in [0, 0.05) is 56.2 Å². The first-order valence-corrected chi connectivity index (χ1v) is 9.41. The van der Waals surface area contributed by atoms with Crippen molar-refractivity contribution in [1.29, 1.82) is 0 Å². The molecule has 0 radical (unpaired) electrons. The number of aromatic nitrogens is 1. The van der Waals surface area contributed by atoms with Gasteiger partial charge in [-0.25, -0.2) is 4.39 Å². The number of nitrogens with one attached hydrogen (secondary N) is 1. The number of hydrogen-bond acceptors (Lipinski definition) is 4. The first kappa shape index (κ1) is 20.2. The van der Waals surface area contributed by atoms with Crippen molar-refractivity contribution in [3.8, 4) is 0 Å². The molecule has 1 N–H and O–H groups in total. The van der Waals surface area contributed by atoms with Crippen molar-refractivity contribution in [3.05, 3.63) is 64.7 Å². The summed E-state index contributed by atoms with van der Waals surface area (Å²) in [4.78, 5) is 32.5. The van der Waals surface area contributed by atoms with Crippen LogP contribution in [0.15, 0.2) is 42.7 Å². The van der Waals surface area contributed by atoms with Crippen molar-refractivity contribution in [3.63, 3.8) is 0 Å². The molecule has 148 valence electrons. The summed E-state index contributed by atoms with van der Waals surface area (Å²) in [6.45, 7) is 1.53. The molecule has 1 atom stereocenters. The topological polar surface area (TPSA) is 65.5 Å². The fraction of sp³-hybridized carbons (Fsp3) is 0.350. The van der Waals surface area contributed by atoms with Crippen LogP contribution in [0.2, 0.25) is 5.02 Å². The number of halogens is 2. The second kappa shape index (κ2) is 9.12. The van der Waals surface area contributed by atoms with Gasteiger partial charge in [-0.2, -0.15) is 0 Å². The smallest absolute Gasteiger partial charge is 0.237 e. The van der Waals surface area contributed by atoms with E-state index in [1.165, 1.54) is 6.07 Å². The van der Waals surface area contributed by atoms with Crippen molar-refractivity contribution >= 4 is 23.4 Å². The quantitative estimate of drug-likeness (QED) is 0.801. The Labute approximate surface area is 168 Å². The lowest BCUT2D eigenvalue weighted by atomic mass is 10.1. The third kappa shape index (κ3) is 4.85. The molecule has 1 aromatic carbocycles. The van der Waals surface area contributed by atoms with Crippen LogP contribution in [0.5, 0.6) is 0 Å². The molecule has 1 aromatic heterocycles. The van der Waals surface area contributed by atoms with Crippen LogP contribution in [0.3, 0.4) is 0 Å². The SMILES string of the molecule is CN(Cc1cccnc1)C(=O)CC1C(=O)NCCN1Cc1c(F)cccc1Cl. The van der Waals surface area contributed by atoms with E-state index >= 15 is 0 Å². The number of pyridine rings is 1. The molecular formula is C20H22ClFN4O2. The Bertz CT molecular complexity index is 829. The maximum atomic E-state index is 14.2. The third-order valence-corrected chi connectivity index (χ3v) is 5.15. The minimum atomic E-state index is -0.673. The number of benzene rings is 1. The van der Waals surface area contributed by atoms with Gasteiger partial charge in [0.1, 0.15) is 5.82 Å². The molecule has 8 heteroatoms. The zero-order chi connectivity index (χ0) is 20.1. The molecule has 2 amide bonds. The molecule has 1 saturated heterocycles. The van der Waals surface area contributed by atoms with E-state index in [0.29, 0.717) is 30.2 Å². The first-order valence-electron chi connectivity index (χ1n) is 9.03. The molecule has 6 nitrogen and oxygen atoms in total. The van der Waals surface area contributed by atoms with Crippen LogP contribution in [-0.2, 0) is 22.7 Å². The van der Waals surface area contributed by atoms with Crippen molar-refractivity contribution in [2.45, 2.75) is 25.6 Å². The average Bonchev–Trinajstić information content (AvgIpc) is 2.68. The zero-order valence-electron chi connectivity index (χ0n) is 15.6. The summed E-state index contributed by atoms with van der Waals surface area (Å²) < 4.78 is 14.2. The van der Waals surface area contributed by atoms with Gasteiger partial charge in [0.2, 0.25) is 11.8 Å². The van der Waals surface area contributed by atoms with Crippen LogP contribution >= 0.6 is 11.6 Å². The molecule has 2 aromatic rings. The van der Waals surface area contributed by atoms with Crippen LogP contribution < -0.4 is 5.32 Å². The van der Waals surface area contributed by atoms with Crippen LogP contribution in [0.1, 0.15) is 17.5 Å². The predicted octanol–water partition coefficient (Wildman–Crippen LogP) is 2.22. The molecule has 0 spiro atoms. The maximum absolute atomic E-state index is 14.2. The fourth-order valence-corrected chi connectivity index (χ4v) is 3.46. The number of piperazine rings is 1. The van der Waals surface area contributed by atoms with E-state index in [9.17, 15) is 14.0 Å². The van der Waals surface area contributed by atoms with Gasteiger partial charge in [-0.3, -0.25) is 19.5 Å². The summed E-state index contributed by atoms with van der Waals surface area (Å²) in [6, 6.07) is 7.52. The Morgan fingerprint density at radius 1 is 1.39 bits per heavy atom. The van der Waals surface area contributed by atoms with E-state index in [4.69, 9.17) is 11.6 Å². The van der Waals surface area contributed by atoms with E-state index in [0.717, 1.165) is 5.56 Å². The second-order valence-corrected chi connectivity index (χ2v) is 7.20. The highest BCUT2D eigenvalue weighted by molar-refractivity contribution is 6.31. The van der Waals surface area contributed by atoms with Gasteiger partial charge < -0.3 is 10.2 Å². The Balaban J connectivity index is 1.70. The van der Waals surface area contributed by atoms with Gasteiger partial charge >= 0.3 is 0 Å². The summed E-state index contributed by atoms with van der Waals surface area (Å²) in [5, 5.41) is 3.09. The van der Waals surface area contributed by atoms with Crippen molar-refractivity contribution in [2.75, 3.05) is 20.1 Å². The monoisotopic (exact) mass is 404 g/mol.